The van der Waals surface area contributed by atoms with E-state index in [1.165, 1.54) is 137 Å². The SMILES string of the molecule is CCCCCCCCCCc1cc(Br)sc1-c1cnnc(-c2sc(Br)cc2CCCCCCCCCC)c1. The third-order valence-corrected chi connectivity index (χ3v) is 10.7. The molecule has 0 fully saturated rings. The lowest BCUT2D eigenvalue weighted by Crippen LogP contribution is -1.93. The molecular formula is C32H46Br2N2S2. The van der Waals surface area contributed by atoms with Crippen LogP contribution in [0.25, 0.3) is 21.0 Å². The molecule has 6 heteroatoms. The first-order chi connectivity index (χ1) is 18.6. The molecule has 0 aliphatic rings. The summed E-state index contributed by atoms with van der Waals surface area (Å²) >= 11 is 11.1. The minimum absolute atomic E-state index is 1.01. The molecule has 0 aliphatic carbocycles. The van der Waals surface area contributed by atoms with Crippen molar-refractivity contribution in [2.24, 2.45) is 0 Å². The maximum Gasteiger partial charge on any atom is 0.104 e. The van der Waals surface area contributed by atoms with Gasteiger partial charge >= 0.3 is 0 Å². The van der Waals surface area contributed by atoms with Crippen molar-refractivity contribution in [2.45, 2.75) is 129 Å². The van der Waals surface area contributed by atoms with Crippen LogP contribution in [0.4, 0.5) is 0 Å². The first kappa shape index (κ1) is 32.0. The number of halogens is 2. The van der Waals surface area contributed by atoms with Gasteiger partial charge in [0.05, 0.1) is 18.6 Å². The molecule has 0 aliphatic heterocycles. The van der Waals surface area contributed by atoms with Crippen LogP contribution in [0.2, 0.25) is 0 Å². The zero-order valence-electron chi connectivity index (χ0n) is 23.5. The summed E-state index contributed by atoms with van der Waals surface area (Å²) in [5.41, 5.74) is 5.06. The van der Waals surface area contributed by atoms with Gasteiger partial charge in [0.15, 0.2) is 0 Å². The number of nitrogens with zero attached hydrogens (tertiary/aromatic N) is 2. The van der Waals surface area contributed by atoms with E-state index in [1.807, 2.05) is 17.5 Å². The Morgan fingerprint density at radius 2 is 1.03 bits per heavy atom. The van der Waals surface area contributed by atoms with E-state index >= 15 is 0 Å². The Hall–Kier alpha value is -0.560. The second-order valence-electron chi connectivity index (χ2n) is 10.6. The summed E-state index contributed by atoms with van der Waals surface area (Å²) in [5, 5.41) is 9.04. The molecule has 0 atom stereocenters. The summed E-state index contributed by atoms with van der Waals surface area (Å²) < 4.78 is 2.39. The van der Waals surface area contributed by atoms with E-state index in [1.54, 1.807) is 11.3 Å². The van der Waals surface area contributed by atoms with Gasteiger partial charge in [-0.1, -0.05) is 104 Å². The van der Waals surface area contributed by atoms with Crippen LogP contribution >= 0.6 is 54.5 Å². The van der Waals surface area contributed by atoms with Crippen molar-refractivity contribution in [1.82, 2.24) is 10.2 Å². The number of rotatable bonds is 20. The van der Waals surface area contributed by atoms with Crippen LogP contribution in [0, 0.1) is 0 Å². The number of hydrogen-bond donors (Lipinski definition) is 0. The number of unbranched alkanes of at least 4 members (excludes halogenated alkanes) is 14. The van der Waals surface area contributed by atoms with Crippen LogP contribution in [-0.2, 0) is 12.8 Å². The molecular weight excluding hydrogens is 636 g/mol. The molecule has 0 N–H and O–H groups in total. The van der Waals surface area contributed by atoms with Gasteiger partial charge < -0.3 is 0 Å². The predicted octanol–water partition coefficient (Wildman–Crippen LogP) is 12.8. The molecule has 3 heterocycles. The van der Waals surface area contributed by atoms with Gasteiger partial charge in [0.2, 0.25) is 0 Å². The average Bonchev–Trinajstić information content (AvgIpc) is 3.48. The van der Waals surface area contributed by atoms with Crippen LogP contribution in [0.15, 0.2) is 32.0 Å². The minimum atomic E-state index is 1.01. The van der Waals surface area contributed by atoms with E-state index in [4.69, 9.17) is 0 Å². The van der Waals surface area contributed by atoms with Crippen LogP contribution in [0.5, 0.6) is 0 Å². The van der Waals surface area contributed by atoms with Gasteiger partial charge in [-0.05, 0) is 86.9 Å². The highest BCUT2D eigenvalue weighted by molar-refractivity contribution is 9.11. The number of aromatic nitrogens is 2. The van der Waals surface area contributed by atoms with Crippen molar-refractivity contribution in [3.63, 3.8) is 0 Å². The molecule has 0 saturated carbocycles. The van der Waals surface area contributed by atoms with Gasteiger partial charge in [-0.2, -0.15) is 5.10 Å². The van der Waals surface area contributed by atoms with Crippen LogP contribution < -0.4 is 0 Å². The summed E-state index contributed by atoms with van der Waals surface area (Å²) in [6.45, 7) is 4.57. The van der Waals surface area contributed by atoms with Gasteiger partial charge in [0, 0.05) is 10.4 Å². The van der Waals surface area contributed by atoms with Crippen LogP contribution in [0.3, 0.4) is 0 Å². The Morgan fingerprint density at radius 3 is 1.55 bits per heavy atom. The fourth-order valence-corrected chi connectivity index (χ4v) is 8.46. The standard InChI is InChI=1S/C32H46Br2N2S2/c1-3-5-7-9-11-13-15-17-19-25-22-29(33)37-31(25)27-21-28(36-35-24-27)32-26(23-30(34)38-32)20-18-16-14-12-10-8-6-4-2/h21-24H,3-20H2,1-2H3. The number of thiophene rings is 2. The zero-order valence-corrected chi connectivity index (χ0v) is 28.3. The molecule has 0 aromatic carbocycles. The van der Waals surface area contributed by atoms with Crippen molar-refractivity contribution in [2.75, 3.05) is 0 Å². The molecule has 2 nitrogen and oxygen atoms in total. The van der Waals surface area contributed by atoms with Gasteiger partial charge in [-0.15, -0.1) is 27.8 Å². The maximum atomic E-state index is 4.58. The third-order valence-electron chi connectivity index (χ3n) is 7.31. The number of aryl methyl sites for hydroxylation is 2. The van der Waals surface area contributed by atoms with Crippen molar-refractivity contribution >= 4 is 54.5 Å². The topological polar surface area (TPSA) is 25.8 Å². The second-order valence-corrected chi connectivity index (χ2v) is 15.5. The Labute approximate surface area is 256 Å². The molecule has 0 saturated heterocycles. The Kier molecular flexibility index (Phi) is 15.7. The normalized spacial score (nSPS) is 11.5. The fraction of sp³-hybridized carbons (Fsp3) is 0.625. The summed E-state index contributed by atoms with van der Waals surface area (Å²) in [7, 11) is 0. The molecule has 0 spiro atoms. The molecule has 3 aromatic rings. The quantitative estimate of drug-likeness (QED) is 0.111. The largest absolute Gasteiger partial charge is 0.158 e. The van der Waals surface area contributed by atoms with E-state index in [0.29, 0.717) is 0 Å². The van der Waals surface area contributed by atoms with E-state index in [-0.39, 0.29) is 0 Å². The Morgan fingerprint density at radius 1 is 0.579 bits per heavy atom. The lowest BCUT2D eigenvalue weighted by molar-refractivity contribution is 0.576. The summed E-state index contributed by atoms with van der Waals surface area (Å²) in [4.78, 5) is 2.62. The smallest absolute Gasteiger partial charge is 0.104 e. The van der Waals surface area contributed by atoms with Gasteiger partial charge in [-0.3, -0.25) is 0 Å². The van der Waals surface area contributed by atoms with E-state index in [0.717, 1.165) is 18.5 Å². The molecule has 0 unspecified atom stereocenters. The zero-order chi connectivity index (χ0) is 27.0. The highest BCUT2D eigenvalue weighted by atomic mass is 79.9. The Balaban J connectivity index is 1.57. The summed E-state index contributed by atoms with van der Waals surface area (Å²) in [5.74, 6) is 0. The molecule has 3 rings (SSSR count). The number of hydrogen-bond acceptors (Lipinski definition) is 4. The molecule has 38 heavy (non-hydrogen) atoms. The highest BCUT2D eigenvalue weighted by Gasteiger charge is 2.16. The van der Waals surface area contributed by atoms with Crippen molar-refractivity contribution in [3.05, 3.63) is 43.1 Å². The van der Waals surface area contributed by atoms with Crippen molar-refractivity contribution < 1.29 is 0 Å². The van der Waals surface area contributed by atoms with Crippen molar-refractivity contribution in [3.8, 4) is 21.0 Å². The molecule has 210 valence electrons. The lowest BCUT2D eigenvalue weighted by atomic mass is 10.0. The van der Waals surface area contributed by atoms with Gasteiger partial charge in [0.25, 0.3) is 0 Å². The van der Waals surface area contributed by atoms with E-state index in [9.17, 15) is 0 Å². The fourth-order valence-electron chi connectivity index (χ4n) is 5.12. The van der Waals surface area contributed by atoms with Crippen LogP contribution in [0.1, 0.15) is 128 Å². The third kappa shape index (κ3) is 11.1. The van der Waals surface area contributed by atoms with Crippen LogP contribution in [-0.4, -0.2) is 10.2 Å². The average molecular weight is 683 g/mol. The molecule has 0 bridgehead atoms. The highest BCUT2D eigenvalue weighted by Crippen LogP contribution is 2.40. The first-order valence-electron chi connectivity index (χ1n) is 15.0. The first-order valence-corrected chi connectivity index (χ1v) is 18.2. The molecule has 0 radical (unpaired) electrons. The second kappa shape index (κ2) is 18.7. The van der Waals surface area contributed by atoms with Crippen molar-refractivity contribution in [1.29, 1.82) is 0 Å². The van der Waals surface area contributed by atoms with E-state index < -0.39 is 0 Å². The lowest BCUT2D eigenvalue weighted by Gasteiger charge is -2.07. The van der Waals surface area contributed by atoms with Gasteiger partial charge in [0.1, 0.15) is 5.69 Å². The minimum Gasteiger partial charge on any atom is -0.158 e. The maximum absolute atomic E-state index is 4.58. The molecule has 0 amide bonds. The monoisotopic (exact) mass is 680 g/mol. The van der Waals surface area contributed by atoms with E-state index in [2.05, 4.69) is 74.1 Å². The van der Waals surface area contributed by atoms with Gasteiger partial charge in [-0.25, -0.2) is 0 Å². The summed E-state index contributed by atoms with van der Waals surface area (Å²) in [6.07, 6.45) is 25.8. The molecule has 3 aromatic heterocycles. The predicted molar refractivity (Wildman–Crippen MR) is 177 cm³/mol. The Bertz CT molecular complexity index is 980. The summed E-state index contributed by atoms with van der Waals surface area (Å²) in [6, 6.07) is 6.87.